The number of rotatable bonds is 4. The van der Waals surface area contributed by atoms with Gasteiger partial charge in [-0.3, -0.25) is 19.0 Å². The third-order valence-corrected chi connectivity index (χ3v) is 8.38. The second kappa shape index (κ2) is 9.56. The summed E-state index contributed by atoms with van der Waals surface area (Å²) in [5, 5.41) is 10.9. The zero-order chi connectivity index (χ0) is 29.3. The first-order valence-electron chi connectivity index (χ1n) is 13.6. The van der Waals surface area contributed by atoms with Crippen LogP contribution in [0.5, 0.6) is 5.75 Å². The zero-order valence-electron chi connectivity index (χ0n) is 23.4. The van der Waals surface area contributed by atoms with Gasteiger partial charge < -0.3 is 19.4 Å². The Kier molecular flexibility index (Phi) is 6.23. The molecule has 2 aliphatic heterocycles. The number of carbonyl (C=O) groups is 2. The standard InChI is InChI=1S/C31H30FN5O4/c1-6-24(38)35-12-17(3)36(13-16(35)2)27-21-10-20-26(25-19(29(20)39)8-7-9-23(25)32)30-28(21)37(31(40)22(27)11-33)18(15-41-30)14-34(4)5/h6-10,16-18H,1,12-15H2,2-5H3/t16-,17+,18-/m1/s1. The van der Waals surface area contributed by atoms with Crippen LogP contribution in [0.25, 0.3) is 22.0 Å². The Morgan fingerprint density at radius 2 is 1.95 bits per heavy atom. The number of nitrogens with zero attached hydrogens (tertiary/aromatic N) is 5. The molecule has 0 saturated carbocycles. The molecule has 0 spiro atoms. The topological polar surface area (TPSA) is 98.9 Å². The summed E-state index contributed by atoms with van der Waals surface area (Å²) in [4.78, 5) is 45.9. The van der Waals surface area contributed by atoms with Crippen molar-refractivity contribution in [2.75, 3.05) is 45.2 Å². The minimum absolute atomic E-state index is 0.0363. The number of ketones is 1. The van der Waals surface area contributed by atoms with E-state index in [1.807, 2.05) is 37.7 Å². The van der Waals surface area contributed by atoms with Gasteiger partial charge in [-0.1, -0.05) is 18.7 Å². The predicted octanol–water partition coefficient (Wildman–Crippen LogP) is 3.33. The molecule has 6 rings (SSSR count). The van der Waals surface area contributed by atoms with E-state index >= 15 is 4.39 Å². The fraction of sp³-hybridized carbons (Fsp3) is 0.355. The van der Waals surface area contributed by atoms with Gasteiger partial charge in [0, 0.05) is 59.4 Å². The number of amides is 1. The average Bonchev–Trinajstić information content (AvgIpc) is 3.23. The number of aromatic nitrogens is 1. The third-order valence-electron chi connectivity index (χ3n) is 8.38. The van der Waals surface area contributed by atoms with E-state index in [1.54, 1.807) is 21.6 Å². The molecule has 41 heavy (non-hydrogen) atoms. The Balaban J connectivity index is 1.69. The molecule has 3 atom stereocenters. The zero-order valence-corrected chi connectivity index (χ0v) is 23.4. The smallest absolute Gasteiger partial charge is 0.271 e. The first kappa shape index (κ1) is 26.7. The molecule has 2 aromatic carbocycles. The number of hydrogen-bond donors (Lipinski definition) is 0. The quantitative estimate of drug-likeness (QED) is 0.356. The molecular weight excluding hydrogens is 525 g/mol. The van der Waals surface area contributed by atoms with Crippen molar-refractivity contribution in [1.29, 1.82) is 5.26 Å². The van der Waals surface area contributed by atoms with Gasteiger partial charge in [0.25, 0.3) is 5.56 Å². The van der Waals surface area contributed by atoms with Crippen LogP contribution in [-0.4, -0.2) is 78.5 Å². The summed E-state index contributed by atoms with van der Waals surface area (Å²) in [6, 6.07) is 7.32. The van der Waals surface area contributed by atoms with Crippen molar-refractivity contribution in [2.24, 2.45) is 0 Å². The van der Waals surface area contributed by atoms with Gasteiger partial charge in [0.2, 0.25) is 5.91 Å². The first-order chi connectivity index (χ1) is 19.6. The molecule has 0 bridgehead atoms. The number of piperazine rings is 1. The molecule has 0 unspecified atom stereocenters. The summed E-state index contributed by atoms with van der Waals surface area (Å²) in [5.41, 5.74) is 1.35. The maximum absolute atomic E-state index is 15.2. The average molecular weight is 556 g/mol. The summed E-state index contributed by atoms with van der Waals surface area (Å²) in [5.74, 6) is -0.799. The Hall–Kier alpha value is -4.49. The summed E-state index contributed by atoms with van der Waals surface area (Å²) in [6.45, 7) is 8.74. The summed E-state index contributed by atoms with van der Waals surface area (Å²) >= 11 is 0. The van der Waals surface area contributed by atoms with E-state index in [1.165, 1.54) is 18.2 Å². The number of ether oxygens (including phenoxy) is 1. The number of halogens is 1. The predicted molar refractivity (Wildman–Crippen MR) is 153 cm³/mol. The highest BCUT2D eigenvalue weighted by atomic mass is 19.1. The maximum Gasteiger partial charge on any atom is 0.271 e. The van der Waals surface area contributed by atoms with Crippen LogP contribution in [0.3, 0.4) is 0 Å². The summed E-state index contributed by atoms with van der Waals surface area (Å²) < 4.78 is 23.2. The second-order valence-electron chi connectivity index (χ2n) is 11.3. The Bertz CT molecular complexity index is 1770. The number of benzene rings is 2. The van der Waals surface area contributed by atoms with Gasteiger partial charge in [0.05, 0.1) is 17.2 Å². The van der Waals surface area contributed by atoms with Crippen LogP contribution in [0, 0.1) is 17.1 Å². The largest absolute Gasteiger partial charge is 0.488 e. The number of nitriles is 1. The van der Waals surface area contributed by atoms with Crippen molar-refractivity contribution in [3.63, 3.8) is 0 Å². The number of carbonyl (C=O) groups excluding carboxylic acids is 2. The van der Waals surface area contributed by atoms with Gasteiger partial charge in [0.15, 0.2) is 11.5 Å². The Morgan fingerprint density at radius 3 is 2.63 bits per heavy atom. The van der Waals surface area contributed by atoms with E-state index in [0.717, 1.165) is 0 Å². The van der Waals surface area contributed by atoms with Gasteiger partial charge in [-0.25, -0.2) is 4.39 Å². The van der Waals surface area contributed by atoms with Crippen LogP contribution in [-0.2, 0) is 4.79 Å². The van der Waals surface area contributed by atoms with Crippen LogP contribution in [0.1, 0.15) is 41.4 Å². The van der Waals surface area contributed by atoms with Crippen LogP contribution in [0.15, 0.2) is 41.7 Å². The summed E-state index contributed by atoms with van der Waals surface area (Å²) in [6.07, 6.45) is 1.28. The molecule has 1 fully saturated rings. The highest BCUT2D eigenvalue weighted by Gasteiger charge is 2.41. The molecule has 1 saturated heterocycles. The summed E-state index contributed by atoms with van der Waals surface area (Å²) in [7, 11) is 3.77. The van der Waals surface area contributed by atoms with Crippen molar-refractivity contribution in [3.05, 3.63) is 69.8 Å². The molecule has 1 aromatic heterocycles. The minimum Gasteiger partial charge on any atom is -0.488 e. The van der Waals surface area contributed by atoms with E-state index in [9.17, 15) is 19.6 Å². The van der Waals surface area contributed by atoms with Crippen molar-refractivity contribution >= 4 is 28.3 Å². The number of likely N-dealkylation sites (N-methyl/N-ethyl adjacent to an activating group) is 1. The van der Waals surface area contributed by atoms with Gasteiger partial charge in [-0.05, 0) is 46.2 Å². The number of fused-ring (bicyclic) bond motifs is 4. The molecule has 210 valence electrons. The van der Waals surface area contributed by atoms with Gasteiger partial charge >= 0.3 is 0 Å². The SMILES string of the molecule is C=CC(=O)N1C[C@H](C)N(c2c(C#N)c(=O)n3c4c(c5c(cc24)C(=O)c2cccc(F)c2-5)OC[C@H]3CN(C)C)C[C@H]1C. The molecule has 1 amide bonds. The lowest BCUT2D eigenvalue weighted by Crippen LogP contribution is -2.58. The van der Waals surface area contributed by atoms with Crippen molar-refractivity contribution in [2.45, 2.75) is 32.0 Å². The monoisotopic (exact) mass is 555 g/mol. The maximum atomic E-state index is 15.2. The highest BCUT2D eigenvalue weighted by Crippen LogP contribution is 2.51. The molecule has 0 N–H and O–H groups in total. The highest BCUT2D eigenvalue weighted by molar-refractivity contribution is 6.25. The molecule has 3 aromatic rings. The van der Waals surface area contributed by atoms with E-state index in [0.29, 0.717) is 41.8 Å². The lowest BCUT2D eigenvalue weighted by atomic mass is 9.95. The first-order valence-corrected chi connectivity index (χ1v) is 13.6. The van der Waals surface area contributed by atoms with Crippen molar-refractivity contribution in [1.82, 2.24) is 14.4 Å². The molecule has 10 heteroatoms. The van der Waals surface area contributed by atoms with E-state index in [2.05, 4.69) is 12.6 Å². The lowest BCUT2D eigenvalue weighted by Gasteiger charge is -2.46. The third kappa shape index (κ3) is 3.79. The Labute approximate surface area is 236 Å². The number of pyridine rings is 1. The molecule has 3 heterocycles. The van der Waals surface area contributed by atoms with Crippen LogP contribution in [0.4, 0.5) is 10.1 Å². The van der Waals surface area contributed by atoms with Gasteiger partial charge in [0.1, 0.15) is 24.1 Å². The lowest BCUT2D eigenvalue weighted by molar-refractivity contribution is -0.128. The number of hydrogen-bond acceptors (Lipinski definition) is 7. The normalized spacial score (nSPS) is 21.0. The van der Waals surface area contributed by atoms with Gasteiger partial charge in [-0.15, -0.1) is 0 Å². The van der Waals surface area contributed by atoms with Crippen LogP contribution >= 0.6 is 0 Å². The van der Waals surface area contributed by atoms with E-state index in [4.69, 9.17) is 4.74 Å². The molecule has 3 aliphatic rings. The Morgan fingerprint density at radius 1 is 1.20 bits per heavy atom. The fourth-order valence-electron chi connectivity index (χ4n) is 6.63. The van der Waals surface area contributed by atoms with E-state index in [-0.39, 0.29) is 58.4 Å². The molecule has 1 aliphatic carbocycles. The van der Waals surface area contributed by atoms with Crippen molar-refractivity contribution in [3.8, 4) is 22.9 Å². The second-order valence-corrected chi connectivity index (χ2v) is 11.3. The number of anilines is 1. The van der Waals surface area contributed by atoms with E-state index < -0.39 is 17.4 Å². The molecule has 0 radical (unpaired) electrons. The van der Waals surface area contributed by atoms with Crippen molar-refractivity contribution < 1.29 is 18.7 Å². The van der Waals surface area contributed by atoms with Crippen LogP contribution < -0.4 is 15.2 Å². The van der Waals surface area contributed by atoms with Gasteiger partial charge in [-0.2, -0.15) is 5.26 Å². The fourth-order valence-corrected chi connectivity index (χ4v) is 6.63. The minimum atomic E-state index is -0.544. The molecule has 9 nitrogen and oxygen atoms in total. The molecular formula is C31H30FN5O4. The van der Waals surface area contributed by atoms with Crippen LogP contribution in [0.2, 0.25) is 0 Å².